The molecule has 106 valence electrons. The first-order valence-corrected chi connectivity index (χ1v) is 8.09. The van der Waals surface area contributed by atoms with Crippen molar-refractivity contribution in [2.45, 2.75) is 31.8 Å². The van der Waals surface area contributed by atoms with E-state index >= 15 is 0 Å². The molecule has 2 heteroatoms. The van der Waals surface area contributed by atoms with Gasteiger partial charge < -0.3 is 5.73 Å². The van der Waals surface area contributed by atoms with Crippen LogP contribution in [-0.2, 0) is 5.75 Å². The maximum absolute atomic E-state index is 5.98. The molecule has 1 unspecified atom stereocenters. The fraction of sp³-hybridized carbons (Fsp3) is 0.333. The van der Waals surface area contributed by atoms with Gasteiger partial charge in [0.1, 0.15) is 0 Å². The summed E-state index contributed by atoms with van der Waals surface area (Å²) in [4.78, 5) is 0. The van der Waals surface area contributed by atoms with Crippen molar-refractivity contribution >= 4 is 11.8 Å². The summed E-state index contributed by atoms with van der Waals surface area (Å²) in [5.74, 6) is 1.01. The number of benzene rings is 2. The maximum atomic E-state index is 5.98. The molecule has 0 spiro atoms. The first kappa shape index (κ1) is 15.1. The Morgan fingerprint density at radius 2 is 1.65 bits per heavy atom. The molecule has 20 heavy (non-hydrogen) atoms. The molecular weight excluding hydrogens is 262 g/mol. The highest BCUT2D eigenvalue weighted by Crippen LogP contribution is 2.32. The van der Waals surface area contributed by atoms with Gasteiger partial charge in [0.25, 0.3) is 0 Å². The first-order valence-electron chi connectivity index (χ1n) is 7.04. The van der Waals surface area contributed by atoms with Gasteiger partial charge in [-0.05, 0) is 37.5 Å². The number of thioether (sulfide) groups is 1. The highest BCUT2D eigenvalue weighted by Gasteiger charge is 2.12. The largest absolute Gasteiger partial charge is 0.329 e. The van der Waals surface area contributed by atoms with Gasteiger partial charge in [0.2, 0.25) is 0 Å². The second-order valence-electron chi connectivity index (χ2n) is 5.39. The van der Waals surface area contributed by atoms with E-state index in [-0.39, 0.29) is 0 Å². The fourth-order valence-electron chi connectivity index (χ4n) is 2.58. The molecule has 0 saturated carbocycles. The second kappa shape index (κ2) is 6.96. The Morgan fingerprint density at radius 1 is 1.00 bits per heavy atom. The van der Waals surface area contributed by atoms with Crippen LogP contribution in [0.15, 0.2) is 42.5 Å². The summed E-state index contributed by atoms with van der Waals surface area (Å²) in [6.45, 7) is 7.15. The fourth-order valence-corrected chi connectivity index (χ4v) is 3.72. The minimum Gasteiger partial charge on any atom is -0.329 e. The van der Waals surface area contributed by atoms with Crippen LogP contribution in [0.25, 0.3) is 0 Å². The third-order valence-electron chi connectivity index (χ3n) is 3.48. The average Bonchev–Trinajstić information content (AvgIpc) is 2.40. The van der Waals surface area contributed by atoms with E-state index in [0.29, 0.717) is 11.8 Å². The van der Waals surface area contributed by atoms with E-state index in [1.807, 2.05) is 11.8 Å². The molecule has 0 aliphatic heterocycles. The number of rotatable bonds is 5. The molecule has 1 atom stereocenters. The van der Waals surface area contributed by atoms with Gasteiger partial charge in [-0.25, -0.2) is 0 Å². The molecule has 0 radical (unpaired) electrons. The van der Waals surface area contributed by atoms with Gasteiger partial charge in [-0.2, -0.15) is 0 Å². The van der Waals surface area contributed by atoms with Gasteiger partial charge in [-0.15, -0.1) is 11.8 Å². The molecule has 0 heterocycles. The summed E-state index contributed by atoms with van der Waals surface area (Å²) in [5, 5.41) is 0.372. The van der Waals surface area contributed by atoms with Crippen molar-refractivity contribution in [1.29, 1.82) is 0 Å². The summed E-state index contributed by atoms with van der Waals surface area (Å²) in [7, 11) is 0. The molecule has 0 aromatic heterocycles. The van der Waals surface area contributed by atoms with Crippen molar-refractivity contribution in [2.24, 2.45) is 5.73 Å². The molecule has 2 N–H and O–H groups in total. The van der Waals surface area contributed by atoms with E-state index < -0.39 is 0 Å². The van der Waals surface area contributed by atoms with Crippen LogP contribution in [0.3, 0.4) is 0 Å². The van der Waals surface area contributed by atoms with Crippen molar-refractivity contribution in [3.05, 3.63) is 70.3 Å². The van der Waals surface area contributed by atoms with Crippen molar-refractivity contribution in [3.63, 3.8) is 0 Å². The van der Waals surface area contributed by atoms with E-state index in [1.54, 1.807) is 0 Å². The average molecular weight is 285 g/mol. The van der Waals surface area contributed by atoms with Crippen molar-refractivity contribution in [3.8, 4) is 0 Å². The third kappa shape index (κ3) is 3.87. The monoisotopic (exact) mass is 285 g/mol. The summed E-state index contributed by atoms with van der Waals surface area (Å²) in [6.07, 6.45) is 0. The smallest absolute Gasteiger partial charge is 0.0425 e. The molecule has 2 rings (SSSR count). The van der Waals surface area contributed by atoms with E-state index in [9.17, 15) is 0 Å². The first-order chi connectivity index (χ1) is 9.60. The Kier molecular flexibility index (Phi) is 5.27. The van der Waals surface area contributed by atoms with Crippen LogP contribution in [0.1, 0.15) is 33.1 Å². The zero-order valence-corrected chi connectivity index (χ0v) is 13.3. The van der Waals surface area contributed by atoms with Crippen LogP contribution in [0, 0.1) is 20.8 Å². The lowest BCUT2D eigenvalue weighted by atomic mass is 10.1. The standard InChI is InChI=1S/C18H23NS/c1-13-8-14(2)10-16(9-13)12-20-18(11-19)17-7-5-4-6-15(17)3/h4-10,18H,11-12,19H2,1-3H3. The molecule has 1 nitrogen and oxygen atoms in total. The van der Waals surface area contributed by atoms with Gasteiger partial charge in [-0.1, -0.05) is 53.6 Å². The molecular formula is C18H23NS. The summed E-state index contributed by atoms with van der Waals surface area (Å²) in [6, 6.07) is 15.3. The van der Waals surface area contributed by atoms with Gasteiger partial charge in [0.15, 0.2) is 0 Å². The Balaban J connectivity index is 2.10. The molecule has 2 aromatic rings. The number of hydrogen-bond donors (Lipinski definition) is 1. The number of aryl methyl sites for hydroxylation is 3. The lowest BCUT2D eigenvalue weighted by Crippen LogP contribution is -2.10. The zero-order chi connectivity index (χ0) is 14.5. The van der Waals surface area contributed by atoms with E-state index in [1.165, 1.54) is 27.8 Å². The van der Waals surface area contributed by atoms with E-state index in [2.05, 4.69) is 63.2 Å². The summed E-state index contributed by atoms with van der Waals surface area (Å²) >= 11 is 1.93. The lowest BCUT2D eigenvalue weighted by molar-refractivity contribution is 0.930. The zero-order valence-electron chi connectivity index (χ0n) is 12.5. The third-order valence-corrected chi connectivity index (χ3v) is 4.83. The van der Waals surface area contributed by atoms with Gasteiger partial charge in [-0.3, -0.25) is 0 Å². The highest BCUT2D eigenvalue weighted by atomic mass is 32.2. The topological polar surface area (TPSA) is 26.0 Å². The van der Waals surface area contributed by atoms with Crippen LogP contribution >= 0.6 is 11.8 Å². The van der Waals surface area contributed by atoms with E-state index in [0.717, 1.165) is 5.75 Å². The number of hydrogen-bond acceptors (Lipinski definition) is 2. The SMILES string of the molecule is Cc1cc(C)cc(CSC(CN)c2ccccc2C)c1. The van der Waals surface area contributed by atoms with Crippen LogP contribution in [0.5, 0.6) is 0 Å². The number of nitrogens with two attached hydrogens (primary N) is 1. The van der Waals surface area contributed by atoms with Crippen molar-refractivity contribution in [1.82, 2.24) is 0 Å². The molecule has 0 bridgehead atoms. The molecule has 0 fully saturated rings. The van der Waals surface area contributed by atoms with Crippen LogP contribution in [0.4, 0.5) is 0 Å². The van der Waals surface area contributed by atoms with Crippen LogP contribution in [0.2, 0.25) is 0 Å². The predicted octanol–water partition coefficient (Wildman–Crippen LogP) is 4.55. The Hall–Kier alpha value is -1.25. The quantitative estimate of drug-likeness (QED) is 0.872. The molecule has 0 aliphatic carbocycles. The molecule has 2 aromatic carbocycles. The normalized spacial score (nSPS) is 12.4. The van der Waals surface area contributed by atoms with Crippen molar-refractivity contribution < 1.29 is 0 Å². The molecule has 0 amide bonds. The maximum Gasteiger partial charge on any atom is 0.0425 e. The minimum absolute atomic E-state index is 0.372. The Morgan fingerprint density at radius 3 is 2.25 bits per heavy atom. The van der Waals surface area contributed by atoms with Crippen molar-refractivity contribution in [2.75, 3.05) is 6.54 Å². The predicted molar refractivity (Wildman–Crippen MR) is 90.2 cm³/mol. The lowest BCUT2D eigenvalue weighted by Gasteiger charge is -2.17. The minimum atomic E-state index is 0.372. The molecule has 0 aliphatic rings. The second-order valence-corrected chi connectivity index (χ2v) is 6.58. The van der Waals surface area contributed by atoms with Crippen LogP contribution < -0.4 is 5.73 Å². The van der Waals surface area contributed by atoms with Gasteiger partial charge >= 0.3 is 0 Å². The Bertz CT molecular complexity index is 557. The highest BCUT2D eigenvalue weighted by molar-refractivity contribution is 7.98. The summed E-state index contributed by atoms with van der Waals surface area (Å²) < 4.78 is 0. The Labute approximate surface area is 126 Å². The van der Waals surface area contributed by atoms with Gasteiger partial charge in [0, 0.05) is 17.5 Å². The van der Waals surface area contributed by atoms with Gasteiger partial charge in [0.05, 0.1) is 0 Å². The summed E-state index contributed by atoms with van der Waals surface area (Å²) in [5.41, 5.74) is 12.7. The molecule has 0 saturated heterocycles. The van der Waals surface area contributed by atoms with Crippen LogP contribution in [-0.4, -0.2) is 6.54 Å². The van der Waals surface area contributed by atoms with E-state index in [4.69, 9.17) is 5.73 Å².